The van der Waals surface area contributed by atoms with E-state index in [1.807, 2.05) is 12.1 Å². The molecule has 20 heavy (non-hydrogen) atoms. The Morgan fingerprint density at radius 1 is 1.45 bits per heavy atom. The highest BCUT2D eigenvalue weighted by Crippen LogP contribution is 2.28. The van der Waals surface area contributed by atoms with E-state index in [1.165, 1.54) is 11.3 Å². The molecule has 3 aromatic rings. The molecule has 0 saturated heterocycles. The molecule has 0 aliphatic heterocycles. The number of halogens is 1. The zero-order chi connectivity index (χ0) is 14.3. The van der Waals surface area contributed by atoms with Gasteiger partial charge >= 0.3 is 0 Å². The molecule has 102 valence electrons. The van der Waals surface area contributed by atoms with E-state index in [4.69, 9.17) is 17.3 Å². The van der Waals surface area contributed by atoms with Crippen LogP contribution in [0.4, 0.5) is 10.8 Å². The van der Waals surface area contributed by atoms with Crippen LogP contribution in [-0.4, -0.2) is 15.5 Å². The molecule has 0 atom stereocenters. The lowest BCUT2D eigenvalue weighted by atomic mass is 10.3. The van der Waals surface area contributed by atoms with Crippen molar-refractivity contribution in [2.75, 3.05) is 11.1 Å². The Labute approximate surface area is 124 Å². The van der Waals surface area contributed by atoms with Crippen LogP contribution in [0.5, 0.6) is 0 Å². The second-order valence-electron chi connectivity index (χ2n) is 4.35. The number of rotatable bonds is 2. The van der Waals surface area contributed by atoms with Gasteiger partial charge < -0.3 is 10.3 Å². The second-order valence-corrected chi connectivity index (χ2v) is 5.82. The van der Waals surface area contributed by atoms with E-state index in [0.29, 0.717) is 21.5 Å². The Morgan fingerprint density at radius 2 is 2.25 bits per heavy atom. The number of nitrogens with one attached hydrogen (secondary N) is 1. The number of amides is 1. The fraction of sp³-hybridized carbons (Fsp3) is 0.0769. The highest BCUT2D eigenvalue weighted by Gasteiger charge is 2.13. The number of fused-ring (bicyclic) bond motifs is 1. The van der Waals surface area contributed by atoms with Crippen molar-refractivity contribution in [1.29, 1.82) is 0 Å². The van der Waals surface area contributed by atoms with Gasteiger partial charge in [0.25, 0.3) is 5.91 Å². The Bertz CT molecular complexity index is 808. The van der Waals surface area contributed by atoms with Crippen molar-refractivity contribution < 1.29 is 4.79 Å². The molecule has 0 bridgehead atoms. The minimum absolute atomic E-state index is 0.241. The van der Waals surface area contributed by atoms with Gasteiger partial charge in [-0.25, -0.2) is 4.98 Å². The summed E-state index contributed by atoms with van der Waals surface area (Å²) in [7, 11) is 1.77. The van der Waals surface area contributed by atoms with E-state index in [2.05, 4.69) is 10.3 Å². The van der Waals surface area contributed by atoms with E-state index in [9.17, 15) is 4.79 Å². The standard InChI is InChI=1S/C13H11ClN4OS/c1-18-6-8(15)5-10(18)12(19)17-13-16-9-3-2-7(14)4-11(9)20-13/h2-6H,15H2,1H3,(H,16,17,19). The molecule has 2 heterocycles. The quantitative estimate of drug-likeness (QED) is 0.764. The van der Waals surface area contributed by atoms with E-state index < -0.39 is 0 Å². The fourth-order valence-corrected chi connectivity index (χ4v) is 3.07. The van der Waals surface area contributed by atoms with Gasteiger partial charge in [-0.3, -0.25) is 10.1 Å². The van der Waals surface area contributed by atoms with Crippen LogP contribution in [0, 0.1) is 0 Å². The predicted octanol–water partition coefficient (Wildman–Crippen LogP) is 3.12. The minimum Gasteiger partial charge on any atom is -0.397 e. The summed E-state index contributed by atoms with van der Waals surface area (Å²) >= 11 is 7.31. The first-order chi connectivity index (χ1) is 9.52. The van der Waals surface area contributed by atoms with Crippen molar-refractivity contribution in [1.82, 2.24) is 9.55 Å². The lowest BCUT2D eigenvalue weighted by Crippen LogP contribution is -2.15. The van der Waals surface area contributed by atoms with Crippen LogP contribution in [0.3, 0.4) is 0 Å². The number of nitrogens with zero attached hydrogens (tertiary/aromatic N) is 2. The molecule has 1 amide bonds. The Balaban J connectivity index is 1.89. The molecule has 0 aliphatic rings. The second kappa shape index (κ2) is 4.81. The average Bonchev–Trinajstić information content (AvgIpc) is 2.91. The van der Waals surface area contributed by atoms with Crippen molar-refractivity contribution >= 4 is 49.9 Å². The van der Waals surface area contributed by atoms with E-state index >= 15 is 0 Å². The Morgan fingerprint density at radius 3 is 2.95 bits per heavy atom. The number of anilines is 2. The third-order valence-corrected chi connectivity index (χ3v) is 4.00. The zero-order valence-electron chi connectivity index (χ0n) is 10.6. The molecule has 7 heteroatoms. The Kier molecular flexibility index (Phi) is 3.11. The number of aryl methyl sites for hydroxylation is 1. The average molecular weight is 307 g/mol. The normalized spacial score (nSPS) is 10.9. The topological polar surface area (TPSA) is 72.9 Å². The number of nitrogen functional groups attached to an aromatic ring is 1. The maximum Gasteiger partial charge on any atom is 0.274 e. The lowest BCUT2D eigenvalue weighted by Gasteiger charge is -2.01. The molecule has 2 aromatic heterocycles. The largest absolute Gasteiger partial charge is 0.397 e. The highest BCUT2D eigenvalue weighted by atomic mass is 35.5. The van der Waals surface area contributed by atoms with Gasteiger partial charge in [0.2, 0.25) is 0 Å². The summed E-state index contributed by atoms with van der Waals surface area (Å²) in [6.07, 6.45) is 1.69. The summed E-state index contributed by atoms with van der Waals surface area (Å²) in [6.45, 7) is 0. The fourth-order valence-electron chi connectivity index (χ4n) is 1.93. The van der Waals surface area contributed by atoms with Gasteiger partial charge in [-0.1, -0.05) is 22.9 Å². The van der Waals surface area contributed by atoms with Crippen LogP contribution < -0.4 is 11.1 Å². The first-order valence-electron chi connectivity index (χ1n) is 5.82. The summed E-state index contributed by atoms with van der Waals surface area (Å²) in [6, 6.07) is 7.04. The van der Waals surface area contributed by atoms with Gasteiger partial charge in [-0.15, -0.1) is 0 Å². The van der Waals surface area contributed by atoms with Crippen LogP contribution in [0.25, 0.3) is 10.2 Å². The molecule has 0 aliphatic carbocycles. The van der Waals surface area contributed by atoms with Crippen molar-refractivity contribution in [2.24, 2.45) is 7.05 Å². The molecular formula is C13H11ClN4OS. The number of nitrogens with two attached hydrogens (primary N) is 1. The van der Waals surface area contributed by atoms with Crippen molar-refractivity contribution in [2.45, 2.75) is 0 Å². The van der Waals surface area contributed by atoms with Gasteiger partial charge in [0.1, 0.15) is 5.69 Å². The first kappa shape index (κ1) is 13.0. The van der Waals surface area contributed by atoms with Crippen LogP contribution in [0.1, 0.15) is 10.5 Å². The van der Waals surface area contributed by atoms with Gasteiger partial charge in [0, 0.05) is 18.3 Å². The minimum atomic E-state index is -0.241. The number of benzene rings is 1. The van der Waals surface area contributed by atoms with Gasteiger partial charge in [0.15, 0.2) is 5.13 Å². The monoisotopic (exact) mass is 306 g/mol. The Hall–Kier alpha value is -2.05. The number of thiazole rings is 1. The van der Waals surface area contributed by atoms with E-state index in [0.717, 1.165) is 10.2 Å². The van der Waals surface area contributed by atoms with Crippen molar-refractivity contribution in [3.05, 3.63) is 41.2 Å². The van der Waals surface area contributed by atoms with Crippen LogP contribution in [-0.2, 0) is 7.05 Å². The lowest BCUT2D eigenvalue weighted by molar-refractivity contribution is 0.101. The molecule has 3 rings (SSSR count). The highest BCUT2D eigenvalue weighted by molar-refractivity contribution is 7.22. The predicted molar refractivity (Wildman–Crippen MR) is 82.4 cm³/mol. The summed E-state index contributed by atoms with van der Waals surface area (Å²) in [5.74, 6) is -0.241. The molecule has 5 nitrogen and oxygen atoms in total. The number of carbonyl (C=O) groups excluding carboxylic acids is 1. The summed E-state index contributed by atoms with van der Waals surface area (Å²) in [4.78, 5) is 16.5. The van der Waals surface area contributed by atoms with E-state index in [-0.39, 0.29) is 5.91 Å². The summed E-state index contributed by atoms with van der Waals surface area (Å²) < 4.78 is 2.61. The maximum absolute atomic E-state index is 12.1. The first-order valence-corrected chi connectivity index (χ1v) is 7.01. The molecule has 1 aromatic carbocycles. The molecule has 0 fully saturated rings. The van der Waals surface area contributed by atoms with Crippen LogP contribution >= 0.6 is 22.9 Å². The third-order valence-electron chi connectivity index (χ3n) is 2.83. The number of aromatic nitrogens is 2. The third kappa shape index (κ3) is 2.35. The van der Waals surface area contributed by atoms with Crippen molar-refractivity contribution in [3.63, 3.8) is 0 Å². The van der Waals surface area contributed by atoms with Crippen LogP contribution in [0.2, 0.25) is 5.02 Å². The summed E-state index contributed by atoms with van der Waals surface area (Å²) in [5.41, 5.74) is 7.50. The molecular weight excluding hydrogens is 296 g/mol. The van der Waals surface area contributed by atoms with Gasteiger partial charge in [0.05, 0.1) is 15.9 Å². The molecule has 0 unspecified atom stereocenters. The molecule has 0 saturated carbocycles. The number of hydrogen-bond donors (Lipinski definition) is 2. The van der Waals surface area contributed by atoms with Crippen molar-refractivity contribution in [3.8, 4) is 0 Å². The zero-order valence-corrected chi connectivity index (χ0v) is 12.1. The SMILES string of the molecule is Cn1cc(N)cc1C(=O)Nc1nc2ccc(Cl)cc2s1. The molecule has 0 spiro atoms. The van der Waals surface area contributed by atoms with Crippen LogP contribution in [0.15, 0.2) is 30.5 Å². The molecule has 3 N–H and O–H groups in total. The smallest absolute Gasteiger partial charge is 0.274 e. The van der Waals surface area contributed by atoms with Gasteiger partial charge in [-0.05, 0) is 24.3 Å². The summed E-state index contributed by atoms with van der Waals surface area (Å²) in [5, 5.41) is 3.95. The number of carbonyl (C=O) groups is 1. The van der Waals surface area contributed by atoms with Gasteiger partial charge in [-0.2, -0.15) is 0 Å². The maximum atomic E-state index is 12.1. The molecule has 0 radical (unpaired) electrons. The van der Waals surface area contributed by atoms with E-state index in [1.54, 1.807) is 29.9 Å². The number of hydrogen-bond acceptors (Lipinski definition) is 4.